The van der Waals surface area contributed by atoms with Crippen LogP contribution >= 0.6 is 23.8 Å². The summed E-state index contributed by atoms with van der Waals surface area (Å²) in [6, 6.07) is 12.8. The third kappa shape index (κ3) is 4.07. The van der Waals surface area contributed by atoms with E-state index in [0.29, 0.717) is 16.4 Å². The molecule has 1 saturated heterocycles. The van der Waals surface area contributed by atoms with Crippen LogP contribution in [0.1, 0.15) is 18.1 Å². The van der Waals surface area contributed by atoms with Gasteiger partial charge in [-0.15, -0.1) is 0 Å². The van der Waals surface area contributed by atoms with E-state index in [4.69, 9.17) is 23.8 Å². The first-order valence-corrected chi connectivity index (χ1v) is 9.27. The van der Waals surface area contributed by atoms with Crippen LogP contribution in [0.25, 0.3) is 0 Å². The van der Waals surface area contributed by atoms with E-state index < -0.39 is 17.7 Å². The van der Waals surface area contributed by atoms with E-state index in [0.717, 1.165) is 17.5 Å². The maximum absolute atomic E-state index is 12.9. The Morgan fingerprint density at radius 2 is 1.93 bits per heavy atom. The number of carbonyl (C=O) groups is 2. The molecule has 1 heterocycles. The van der Waals surface area contributed by atoms with E-state index in [1.165, 1.54) is 11.1 Å². The number of rotatable bonds is 4. The minimum Gasteiger partial charge on any atom is -0.301 e. The van der Waals surface area contributed by atoms with Crippen molar-refractivity contribution in [3.63, 3.8) is 0 Å². The summed E-state index contributed by atoms with van der Waals surface area (Å²) in [4.78, 5) is 30.9. The molecule has 1 atom stereocenters. The monoisotopic (exact) mass is 399 g/mol. The van der Waals surface area contributed by atoms with Gasteiger partial charge in [-0.2, -0.15) is 0 Å². The molecular formula is C20H18ClN3O2S. The molecular weight excluding hydrogens is 382 g/mol. The quantitative estimate of drug-likeness (QED) is 0.480. The fourth-order valence-electron chi connectivity index (χ4n) is 2.72. The molecule has 1 fully saturated rings. The number of thiocarbonyl (C=S) groups is 1. The van der Waals surface area contributed by atoms with E-state index in [-0.39, 0.29) is 5.11 Å². The third-order valence-electron chi connectivity index (χ3n) is 4.34. The third-order valence-corrected chi connectivity index (χ3v) is 4.86. The Morgan fingerprint density at radius 1 is 1.22 bits per heavy atom. The summed E-state index contributed by atoms with van der Waals surface area (Å²) in [6.45, 7) is 3.93. The molecule has 138 valence electrons. The summed E-state index contributed by atoms with van der Waals surface area (Å²) < 4.78 is 0. The molecule has 5 nitrogen and oxygen atoms in total. The Bertz CT molecular complexity index is 941. The molecule has 2 aromatic rings. The Balaban J connectivity index is 1.90. The van der Waals surface area contributed by atoms with Crippen molar-refractivity contribution in [2.45, 2.75) is 20.3 Å². The van der Waals surface area contributed by atoms with Gasteiger partial charge in [0, 0.05) is 11.2 Å². The number of nitrogens with zero attached hydrogens (tertiary/aromatic N) is 2. The van der Waals surface area contributed by atoms with E-state index in [1.54, 1.807) is 12.1 Å². The minimum absolute atomic E-state index is 0.0674. The molecule has 0 aromatic heterocycles. The van der Waals surface area contributed by atoms with Crippen LogP contribution < -0.4 is 10.2 Å². The minimum atomic E-state index is -1.07. The highest BCUT2D eigenvalue weighted by Crippen LogP contribution is 2.25. The Hall–Kier alpha value is -2.57. The molecule has 2 aromatic carbocycles. The molecule has 3 rings (SSSR count). The van der Waals surface area contributed by atoms with Gasteiger partial charge in [-0.3, -0.25) is 19.5 Å². The average Bonchev–Trinajstić information content (AvgIpc) is 2.64. The fourth-order valence-corrected chi connectivity index (χ4v) is 3.19. The molecule has 0 saturated carbocycles. The number of halogens is 1. The molecule has 2 amide bonds. The first-order chi connectivity index (χ1) is 12.9. The lowest BCUT2D eigenvalue weighted by atomic mass is 10.1. The number of nitrogens with one attached hydrogen (secondary N) is 1. The van der Waals surface area contributed by atoms with Gasteiger partial charge in [-0.1, -0.05) is 36.7 Å². The van der Waals surface area contributed by atoms with Gasteiger partial charge < -0.3 is 5.32 Å². The summed E-state index contributed by atoms with van der Waals surface area (Å²) in [5.74, 6) is -1.99. The summed E-state index contributed by atoms with van der Waals surface area (Å²) in [5.41, 5.74) is 3.25. The maximum Gasteiger partial charge on any atom is 0.251 e. The molecule has 27 heavy (non-hydrogen) atoms. The molecule has 1 N–H and O–H groups in total. The van der Waals surface area contributed by atoms with Gasteiger partial charge in [0.25, 0.3) is 5.91 Å². The number of aryl methyl sites for hydroxylation is 2. The lowest BCUT2D eigenvalue weighted by Crippen LogP contribution is -2.58. The van der Waals surface area contributed by atoms with E-state index in [2.05, 4.69) is 17.2 Å². The Labute approximate surface area is 168 Å². The molecule has 1 unspecified atom stereocenters. The number of hydrogen-bond acceptors (Lipinski definition) is 4. The second-order valence-electron chi connectivity index (χ2n) is 6.17. The fraction of sp³-hybridized carbons (Fsp3) is 0.200. The number of anilines is 1. The number of hydrogen-bond donors (Lipinski definition) is 1. The zero-order chi connectivity index (χ0) is 19.6. The van der Waals surface area contributed by atoms with Crippen molar-refractivity contribution in [3.05, 3.63) is 58.6 Å². The van der Waals surface area contributed by atoms with Crippen molar-refractivity contribution >= 4 is 58.3 Å². The van der Waals surface area contributed by atoms with E-state index >= 15 is 0 Å². The standard InChI is InChI=1S/C20H18ClN3O2S/c1-3-13-5-8-15(9-6-13)24-19(26)16(18(25)23-20(24)27)11-22-17-10-14(21)7-4-12(17)2/h4-11,16H,3H2,1-2H3,(H,23,25,27). The average molecular weight is 400 g/mol. The molecule has 0 aliphatic carbocycles. The number of benzene rings is 2. The normalized spacial score (nSPS) is 17.5. The number of amides is 2. The molecule has 1 aliphatic heterocycles. The smallest absolute Gasteiger partial charge is 0.251 e. The maximum atomic E-state index is 12.9. The highest BCUT2D eigenvalue weighted by Gasteiger charge is 2.38. The predicted octanol–water partition coefficient (Wildman–Crippen LogP) is 3.98. The lowest BCUT2D eigenvalue weighted by molar-refractivity contribution is -0.130. The molecule has 7 heteroatoms. The second kappa shape index (κ2) is 7.98. The summed E-state index contributed by atoms with van der Waals surface area (Å²) in [6.07, 6.45) is 2.23. The van der Waals surface area contributed by atoms with Crippen LogP contribution in [0.15, 0.2) is 47.5 Å². The first kappa shape index (κ1) is 19.2. The van der Waals surface area contributed by atoms with Gasteiger partial charge in [-0.25, -0.2) is 0 Å². The molecule has 0 spiro atoms. The van der Waals surface area contributed by atoms with Crippen LogP contribution in [0.3, 0.4) is 0 Å². The van der Waals surface area contributed by atoms with Crippen molar-refractivity contribution in [3.8, 4) is 0 Å². The van der Waals surface area contributed by atoms with Crippen LogP contribution in [-0.4, -0.2) is 23.1 Å². The van der Waals surface area contributed by atoms with Gasteiger partial charge in [0.2, 0.25) is 5.91 Å². The molecule has 1 aliphatic rings. The number of carbonyl (C=O) groups excluding carboxylic acids is 2. The van der Waals surface area contributed by atoms with Gasteiger partial charge in [0.05, 0.1) is 11.4 Å². The van der Waals surface area contributed by atoms with Crippen LogP contribution in [0.5, 0.6) is 0 Å². The zero-order valence-corrected chi connectivity index (χ0v) is 16.5. The van der Waals surface area contributed by atoms with Crippen LogP contribution in [0.4, 0.5) is 11.4 Å². The van der Waals surface area contributed by atoms with Crippen molar-refractivity contribution in [1.82, 2.24) is 5.32 Å². The van der Waals surface area contributed by atoms with Gasteiger partial charge in [-0.05, 0) is 61.0 Å². The van der Waals surface area contributed by atoms with E-state index in [1.807, 2.05) is 37.3 Å². The van der Waals surface area contributed by atoms with Gasteiger partial charge in [0.1, 0.15) is 0 Å². The van der Waals surface area contributed by atoms with E-state index in [9.17, 15) is 9.59 Å². The Morgan fingerprint density at radius 3 is 2.59 bits per heavy atom. The summed E-state index contributed by atoms with van der Waals surface area (Å²) in [7, 11) is 0. The summed E-state index contributed by atoms with van der Waals surface area (Å²) in [5, 5.41) is 3.18. The van der Waals surface area contributed by atoms with Crippen molar-refractivity contribution in [1.29, 1.82) is 0 Å². The highest BCUT2D eigenvalue weighted by molar-refractivity contribution is 7.80. The SMILES string of the molecule is CCc1ccc(N2C(=O)C(C=Nc3cc(Cl)ccc3C)C(=O)NC2=S)cc1. The van der Waals surface area contributed by atoms with Crippen molar-refractivity contribution in [2.24, 2.45) is 10.9 Å². The van der Waals surface area contributed by atoms with Crippen molar-refractivity contribution < 1.29 is 9.59 Å². The largest absolute Gasteiger partial charge is 0.301 e. The predicted molar refractivity (Wildman–Crippen MR) is 112 cm³/mol. The number of aliphatic imine (C=N–C) groups is 1. The van der Waals surface area contributed by atoms with Crippen LogP contribution in [0, 0.1) is 12.8 Å². The second-order valence-corrected chi connectivity index (χ2v) is 7.00. The van der Waals surface area contributed by atoms with Crippen LogP contribution in [-0.2, 0) is 16.0 Å². The molecule has 0 bridgehead atoms. The van der Waals surface area contributed by atoms with Crippen LogP contribution in [0.2, 0.25) is 5.02 Å². The summed E-state index contributed by atoms with van der Waals surface area (Å²) >= 11 is 11.2. The topological polar surface area (TPSA) is 61.8 Å². The first-order valence-electron chi connectivity index (χ1n) is 8.48. The lowest BCUT2D eigenvalue weighted by Gasteiger charge is -2.31. The zero-order valence-electron chi connectivity index (χ0n) is 14.9. The van der Waals surface area contributed by atoms with Gasteiger partial charge in [0.15, 0.2) is 11.0 Å². The molecule has 0 radical (unpaired) electrons. The Kier molecular flexibility index (Phi) is 5.68. The van der Waals surface area contributed by atoms with Crippen molar-refractivity contribution in [2.75, 3.05) is 4.90 Å². The highest BCUT2D eigenvalue weighted by atomic mass is 35.5. The van der Waals surface area contributed by atoms with Gasteiger partial charge >= 0.3 is 0 Å².